The molecule has 3 amide bonds. The van der Waals surface area contributed by atoms with Crippen LogP contribution in [-0.2, 0) is 9.63 Å². The van der Waals surface area contributed by atoms with Gasteiger partial charge in [0.05, 0.1) is 13.0 Å². The zero-order chi connectivity index (χ0) is 13.7. The molecule has 1 N–H and O–H groups in total. The summed E-state index contributed by atoms with van der Waals surface area (Å²) in [5.74, 6) is -0.235. The van der Waals surface area contributed by atoms with E-state index in [4.69, 9.17) is 4.84 Å². The molecule has 104 valence electrons. The quantitative estimate of drug-likeness (QED) is 0.762. The van der Waals surface area contributed by atoms with E-state index >= 15 is 0 Å². The number of nitrogens with one attached hydrogen (secondary N) is 1. The number of hydrogen-bond donors (Lipinski definition) is 1. The van der Waals surface area contributed by atoms with Crippen LogP contribution in [0.5, 0.6) is 0 Å². The smallest absolute Gasteiger partial charge is 0.317 e. The molecule has 1 atom stereocenters. The first-order chi connectivity index (χ1) is 8.45. The summed E-state index contributed by atoms with van der Waals surface area (Å²) in [6, 6.07) is 0.0118. The third-order valence-corrected chi connectivity index (χ3v) is 3.05. The van der Waals surface area contributed by atoms with Crippen molar-refractivity contribution in [1.29, 1.82) is 0 Å². The predicted molar refractivity (Wildman–Crippen MR) is 67.7 cm³/mol. The van der Waals surface area contributed by atoms with E-state index in [2.05, 4.69) is 5.32 Å². The summed E-state index contributed by atoms with van der Waals surface area (Å²) >= 11 is 0. The van der Waals surface area contributed by atoms with Crippen molar-refractivity contribution >= 4 is 11.9 Å². The molecular weight excluding hydrogens is 234 g/mol. The van der Waals surface area contributed by atoms with Gasteiger partial charge in [0.2, 0.25) is 0 Å². The second kappa shape index (κ2) is 6.58. The number of carbonyl (C=O) groups is 2. The monoisotopic (exact) mass is 257 g/mol. The first kappa shape index (κ1) is 14.8. The van der Waals surface area contributed by atoms with Crippen LogP contribution in [0.3, 0.4) is 0 Å². The molecule has 1 fully saturated rings. The van der Waals surface area contributed by atoms with Crippen molar-refractivity contribution < 1.29 is 14.4 Å². The lowest BCUT2D eigenvalue weighted by Crippen LogP contribution is -2.50. The molecule has 1 aliphatic rings. The summed E-state index contributed by atoms with van der Waals surface area (Å²) in [4.78, 5) is 30.4. The highest BCUT2D eigenvalue weighted by atomic mass is 16.7. The highest BCUT2D eigenvalue weighted by Crippen LogP contribution is 2.18. The lowest BCUT2D eigenvalue weighted by molar-refractivity contribution is -0.174. The number of rotatable bonds is 3. The van der Waals surface area contributed by atoms with E-state index in [9.17, 15) is 9.59 Å². The minimum absolute atomic E-state index is 0.0699. The maximum Gasteiger partial charge on any atom is 0.317 e. The second-order valence-corrected chi connectivity index (χ2v) is 4.91. The van der Waals surface area contributed by atoms with Crippen molar-refractivity contribution in [1.82, 2.24) is 15.3 Å². The Hall–Kier alpha value is -1.30. The molecule has 1 aliphatic heterocycles. The number of hydrogen-bond acceptors (Lipinski definition) is 3. The fraction of sp³-hybridized carbons (Fsp3) is 0.833. The van der Waals surface area contributed by atoms with Gasteiger partial charge in [-0.2, -0.15) is 0 Å². The summed E-state index contributed by atoms with van der Waals surface area (Å²) in [6.45, 7) is 5.01. The highest BCUT2D eigenvalue weighted by molar-refractivity contribution is 5.80. The number of nitrogens with zero attached hydrogens (tertiary/aromatic N) is 2. The van der Waals surface area contributed by atoms with E-state index in [0.717, 1.165) is 12.8 Å². The molecule has 1 saturated heterocycles. The number of likely N-dealkylation sites (tertiary alicyclic amines) is 1. The molecule has 18 heavy (non-hydrogen) atoms. The molecule has 1 rings (SSSR count). The molecule has 0 aromatic heterocycles. The van der Waals surface area contributed by atoms with Gasteiger partial charge < -0.3 is 10.2 Å². The van der Waals surface area contributed by atoms with Crippen LogP contribution >= 0.6 is 0 Å². The van der Waals surface area contributed by atoms with E-state index in [-0.39, 0.29) is 23.9 Å². The Labute approximate surface area is 108 Å². The number of amides is 3. The average molecular weight is 257 g/mol. The van der Waals surface area contributed by atoms with Crippen LogP contribution in [-0.4, -0.2) is 55.2 Å². The van der Waals surface area contributed by atoms with Crippen LogP contribution in [0, 0.1) is 5.92 Å². The van der Waals surface area contributed by atoms with Gasteiger partial charge in [0, 0.05) is 26.2 Å². The first-order valence-electron chi connectivity index (χ1n) is 6.32. The van der Waals surface area contributed by atoms with Gasteiger partial charge in [-0.1, -0.05) is 0 Å². The first-order valence-corrected chi connectivity index (χ1v) is 6.32. The minimum Gasteiger partial charge on any atom is -0.336 e. The van der Waals surface area contributed by atoms with E-state index in [1.165, 1.54) is 12.2 Å². The molecule has 0 saturated carbocycles. The molecule has 0 spiro atoms. The summed E-state index contributed by atoms with van der Waals surface area (Å²) in [5.41, 5.74) is 0. The van der Waals surface area contributed by atoms with Crippen LogP contribution < -0.4 is 5.32 Å². The summed E-state index contributed by atoms with van der Waals surface area (Å²) in [6.07, 6.45) is 1.65. The number of piperidine rings is 1. The van der Waals surface area contributed by atoms with Crippen LogP contribution in [0.15, 0.2) is 0 Å². The molecule has 1 heterocycles. The summed E-state index contributed by atoms with van der Waals surface area (Å²) in [5, 5.41) is 4.08. The number of hydroxylamine groups is 2. The maximum atomic E-state index is 12.0. The van der Waals surface area contributed by atoms with Crippen LogP contribution in [0.4, 0.5) is 4.79 Å². The lowest BCUT2D eigenvalue weighted by Gasteiger charge is -2.33. The number of carbonyl (C=O) groups excluding carboxylic acids is 2. The lowest BCUT2D eigenvalue weighted by atomic mass is 9.97. The van der Waals surface area contributed by atoms with Crippen molar-refractivity contribution in [2.45, 2.75) is 32.7 Å². The molecule has 6 nitrogen and oxygen atoms in total. The molecule has 0 radical (unpaired) electrons. The Morgan fingerprint density at radius 2 is 2.11 bits per heavy atom. The van der Waals surface area contributed by atoms with Crippen molar-refractivity contribution in [3.05, 3.63) is 0 Å². The summed E-state index contributed by atoms with van der Waals surface area (Å²) < 4.78 is 0. The van der Waals surface area contributed by atoms with Crippen molar-refractivity contribution in [3.63, 3.8) is 0 Å². The van der Waals surface area contributed by atoms with Crippen molar-refractivity contribution in [2.75, 3.05) is 27.2 Å². The Bertz CT molecular complexity index is 307. The van der Waals surface area contributed by atoms with Gasteiger partial charge in [0.25, 0.3) is 5.91 Å². The molecule has 0 aromatic carbocycles. The van der Waals surface area contributed by atoms with Crippen molar-refractivity contribution in [2.24, 2.45) is 5.92 Å². The van der Waals surface area contributed by atoms with Crippen LogP contribution in [0.25, 0.3) is 0 Å². The standard InChI is InChI=1S/C12H23N3O3/c1-9(2)13-12(17)15-7-5-6-10(8-15)11(16)14(3)18-4/h9-10H,5-8H2,1-4H3,(H,13,17)/t10-/m0/s1. The van der Waals surface area contributed by atoms with E-state index in [1.807, 2.05) is 13.8 Å². The van der Waals surface area contributed by atoms with Crippen molar-refractivity contribution in [3.8, 4) is 0 Å². The molecule has 0 aromatic rings. The molecule has 0 unspecified atom stereocenters. The minimum atomic E-state index is -0.165. The Morgan fingerprint density at radius 3 is 2.67 bits per heavy atom. The zero-order valence-electron chi connectivity index (χ0n) is 11.6. The third kappa shape index (κ3) is 3.87. The van der Waals surface area contributed by atoms with Crippen LogP contribution in [0.1, 0.15) is 26.7 Å². The average Bonchev–Trinajstić information content (AvgIpc) is 2.36. The van der Waals surface area contributed by atoms with Gasteiger partial charge in [-0.25, -0.2) is 9.86 Å². The topological polar surface area (TPSA) is 61.9 Å². The van der Waals surface area contributed by atoms with Gasteiger partial charge in [-0.15, -0.1) is 0 Å². The van der Waals surface area contributed by atoms with E-state index in [1.54, 1.807) is 11.9 Å². The molecular formula is C12H23N3O3. The predicted octanol–water partition coefficient (Wildman–Crippen LogP) is 0.836. The van der Waals surface area contributed by atoms with Gasteiger partial charge in [0.15, 0.2) is 0 Å². The normalized spacial score (nSPS) is 19.8. The Kier molecular flexibility index (Phi) is 5.40. The van der Waals surface area contributed by atoms with Gasteiger partial charge in [0.1, 0.15) is 0 Å². The maximum absolute atomic E-state index is 12.0. The van der Waals surface area contributed by atoms with Gasteiger partial charge in [-0.05, 0) is 26.7 Å². The largest absolute Gasteiger partial charge is 0.336 e. The van der Waals surface area contributed by atoms with Gasteiger partial charge >= 0.3 is 6.03 Å². The Morgan fingerprint density at radius 1 is 1.44 bits per heavy atom. The van der Waals surface area contributed by atoms with E-state index in [0.29, 0.717) is 13.1 Å². The fourth-order valence-corrected chi connectivity index (χ4v) is 2.05. The third-order valence-electron chi connectivity index (χ3n) is 3.05. The molecule has 6 heteroatoms. The Balaban J connectivity index is 2.55. The second-order valence-electron chi connectivity index (χ2n) is 4.91. The van der Waals surface area contributed by atoms with Crippen LogP contribution in [0.2, 0.25) is 0 Å². The highest BCUT2D eigenvalue weighted by Gasteiger charge is 2.30. The summed E-state index contributed by atoms with van der Waals surface area (Å²) in [7, 11) is 3.05. The van der Waals surface area contributed by atoms with E-state index < -0.39 is 0 Å². The number of urea groups is 1. The molecule has 0 bridgehead atoms. The zero-order valence-corrected chi connectivity index (χ0v) is 11.6. The molecule has 0 aliphatic carbocycles. The van der Waals surface area contributed by atoms with Gasteiger partial charge in [-0.3, -0.25) is 9.63 Å². The SMILES string of the molecule is CON(C)C(=O)[C@H]1CCCN(C(=O)NC(C)C)C1. The fourth-order valence-electron chi connectivity index (χ4n) is 2.05.